The molecule has 2 unspecified atom stereocenters. The van der Waals surface area contributed by atoms with E-state index in [0.29, 0.717) is 0 Å². The van der Waals surface area contributed by atoms with Crippen molar-refractivity contribution in [3.63, 3.8) is 0 Å². The van der Waals surface area contributed by atoms with Gasteiger partial charge in [0.05, 0.1) is 16.8 Å². The van der Waals surface area contributed by atoms with Gasteiger partial charge in [-0.2, -0.15) is 54.6 Å². The molecule has 0 spiro atoms. The van der Waals surface area contributed by atoms with Crippen LogP contribution >= 0.6 is 0 Å². The summed E-state index contributed by atoms with van der Waals surface area (Å²) in [6, 6.07) is 78.1. The van der Waals surface area contributed by atoms with Crippen molar-refractivity contribution in [2.75, 3.05) is 0 Å². The van der Waals surface area contributed by atoms with Crippen LogP contribution in [0.25, 0.3) is 44.6 Å². The van der Waals surface area contributed by atoms with Crippen molar-refractivity contribution >= 4 is 0 Å². The van der Waals surface area contributed by atoms with Crippen molar-refractivity contribution in [3.05, 3.63) is 258 Å². The minimum Gasteiger partial charge on any atom is -0.300 e. The van der Waals surface area contributed by atoms with Gasteiger partial charge in [-0.1, -0.05) is 103 Å². The van der Waals surface area contributed by atoms with Crippen molar-refractivity contribution in [1.29, 1.82) is 0 Å². The number of nitrogens with zero attached hydrogens (tertiary/aromatic N) is 3. The summed E-state index contributed by atoms with van der Waals surface area (Å²) >= 11 is 0. The molecule has 9 aromatic rings. The van der Waals surface area contributed by atoms with Crippen LogP contribution in [0.5, 0.6) is 0 Å². The molecule has 9 rings (SSSR count). The first-order valence-corrected chi connectivity index (χ1v) is 19.6. The van der Waals surface area contributed by atoms with Crippen LogP contribution in [0.4, 0.5) is 0 Å². The molecule has 284 valence electrons. The average molecular weight is 935 g/mol. The molecule has 6 aromatic carbocycles. The van der Waals surface area contributed by atoms with Crippen LogP contribution in [-0.4, -0.2) is 15.0 Å². The fourth-order valence-electron chi connectivity index (χ4n) is 7.90. The summed E-state index contributed by atoms with van der Waals surface area (Å²) in [7, 11) is 0. The first kappa shape index (κ1) is 39.3. The molecule has 3 nitrogen and oxygen atoms in total. The standard InChI is InChI=1S/C55H40N3.Ir/c1-54(51-28-12-14-34-56-51,48-26-16-22-44(36-48)43-32-30-42(31-33-43)40-18-6-3-7-19-40)49-27-17-23-45(37-49)50-38-46(41-20-8-4-9-21-41)39-53(58-50)55(2,47-24-10-5-11-25-47)52-29-13-15-35-57-52;/h3-24,27-36,38-39H,1-2H3;/q-3;+3. The van der Waals surface area contributed by atoms with E-state index < -0.39 is 10.8 Å². The van der Waals surface area contributed by atoms with E-state index in [0.717, 1.165) is 67.3 Å². The van der Waals surface area contributed by atoms with Gasteiger partial charge in [-0.25, -0.2) is 0 Å². The smallest absolute Gasteiger partial charge is 0.300 e. The van der Waals surface area contributed by atoms with Gasteiger partial charge in [-0.05, 0) is 77.7 Å². The molecule has 3 aromatic heterocycles. The fraction of sp³-hybridized carbons (Fsp3) is 0.0727. The van der Waals surface area contributed by atoms with Gasteiger partial charge < -0.3 is 0 Å². The van der Waals surface area contributed by atoms with Crippen LogP contribution in [0, 0.1) is 18.2 Å². The molecule has 0 amide bonds. The third-order valence-corrected chi connectivity index (χ3v) is 11.3. The zero-order valence-corrected chi connectivity index (χ0v) is 35.2. The Morgan fingerprint density at radius 2 is 0.949 bits per heavy atom. The maximum atomic E-state index is 5.49. The Labute approximate surface area is 360 Å². The topological polar surface area (TPSA) is 38.7 Å². The third-order valence-electron chi connectivity index (χ3n) is 11.3. The Bertz CT molecular complexity index is 2740. The monoisotopic (exact) mass is 935 g/mol. The molecule has 0 aliphatic carbocycles. The summed E-state index contributed by atoms with van der Waals surface area (Å²) in [4.78, 5) is 15.3. The molecule has 0 fully saturated rings. The molecule has 0 bridgehead atoms. The molecule has 2 atom stereocenters. The Balaban J connectivity index is 0.00000484. The second kappa shape index (κ2) is 17.1. The van der Waals surface area contributed by atoms with E-state index in [1.54, 1.807) is 0 Å². The van der Waals surface area contributed by atoms with Gasteiger partial charge in [0, 0.05) is 23.5 Å². The number of pyridine rings is 3. The molecule has 0 radical (unpaired) electrons. The first-order valence-electron chi connectivity index (χ1n) is 19.6. The van der Waals surface area contributed by atoms with E-state index in [4.69, 9.17) is 15.0 Å². The summed E-state index contributed by atoms with van der Waals surface area (Å²) in [5.74, 6) is 0. The molecule has 4 heteroatoms. The molecule has 0 N–H and O–H groups in total. The first-order chi connectivity index (χ1) is 28.5. The number of rotatable bonds is 10. The molecule has 0 saturated heterocycles. The van der Waals surface area contributed by atoms with Crippen molar-refractivity contribution in [2.24, 2.45) is 0 Å². The summed E-state index contributed by atoms with van der Waals surface area (Å²) in [6.07, 6.45) is 3.71. The largest absolute Gasteiger partial charge is 3.00 e. The Kier molecular flexibility index (Phi) is 11.4. The van der Waals surface area contributed by atoms with Gasteiger partial charge in [0.15, 0.2) is 0 Å². The van der Waals surface area contributed by atoms with Gasteiger partial charge >= 0.3 is 20.1 Å². The predicted octanol–water partition coefficient (Wildman–Crippen LogP) is 12.6. The van der Waals surface area contributed by atoms with Gasteiger partial charge in [-0.15, -0.1) is 52.1 Å². The summed E-state index contributed by atoms with van der Waals surface area (Å²) in [6.45, 7) is 4.42. The molecule has 59 heavy (non-hydrogen) atoms. The number of hydrogen-bond donors (Lipinski definition) is 0. The van der Waals surface area contributed by atoms with Crippen LogP contribution in [-0.2, 0) is 30.9 Å². The van der Waals surface area contributed by atoms with Crippen LogP contribution in [0.3, 0.4) is 0 Å². The third kappa shape index (κ3) is 7.73. The Hall–Kier alpha value is -6.58. The van der Waals surface area contributed by atoms with Crippen LogP contribution < -0.4 is 0 Å². The molecule has 0 aliphatic rings. The summed E-state index contributed by atoms with van der Waals surface area (Å²) in [5, 5.41) is 0. The van der Waals surface area contributed by atoms with Gasteiger partial charge in [0.25, 0.3) is 0 Å². The predicted molar refractivity (Wildman–Crippen MR) is 235 cm³/mol. The van der Waals surface area contributed by atoms with Crippen molar-refractivity contribution in [2.45, 2.75) is 24.7 Å². The molecular formula is C55H40IrN3. The van der Waals surface area contributed by atoms with Crippen molar-refractivity contribution in [1.82, 2.24) is 15.0 Å². The second-order valence-electron chi connectivity index (χ2n) is 14.9. The van der Waals surface area contributed by atoms with E-state index in [1.165, 1.54) is 11.1 Å². The minimum absolute atomic E-state index is 0. The van der Waals surface area contributed by atoms with E-state index >= 15 is 0 Å². The number of hydrogen-bond acceptors (Lipinski definition) is 3. The van der Waals surface area contributed by atoms with E-state index in [-0.39, 0.29) is 20.1 Å². The summed E-state index contributed by atoms with van der Waals surface area (Å²) in [5.41, 5.74) is 12.7. The van der Waals surface area contributed by atoms with E-state index in [1.807, 2.05) is 67.0 Å². The zero-order valence-electron chi connectivity index (χ0n) is 32.8. The Morgan fingerprint density at radius 3 is 1.58 bits per heavy atom. The van der Waals surface area contributed by atoms with Crippen LogP contribution in [0.1, 0.15) is 47.6 Å². The van der Waals surface area contributed by atoms with E-state index in [9.17, 15) is 0 Å². The van der Waals surface area contributed by atoms with Gasteiger partial charge in [0.1, 0.15) is 0 Å². The summed E-state index contributed by atoms with van der Waals surface area (Å²) < 4.78 is 0. The van der Waals surface area contributed by atoms with Crippen molar-refractivity contribution < 1.29 is 20.1 Å². The molecular weight excluding hydrogens is 895 g/mol. The zero-order chi connectivity index (χ0) is 39.4. The van der Waals surface area contributed by atoms with E-state index in [2.05, 4.69) is 172 Å². The normalized spacial score (nSPS) is 13.1. The number of benzene rings is 6. The fourth-order valence-corrected chi connectivity index (χ4v) is 7.90. The minimum atomic E-state index is -0.698. The molecule has 3 heterocycles. The quantitative estimate of drug-likeness (QED) is 0.128. The van der Waals surface area contributed by atoms with Crippen LogP contribution in [0.15, 0.2) is 207 Å². The maximum absolute atomic E-state index is 5.49. The molecule has 0 aliphatic heterocycles. The average Bonchev–Trinajstić information content (AvgIpc) is 3.32. The van der Waals surface area contributed by atoms with Gasteiger partial charge in [0.2, 0.25) is 0 Å². The second-order valence-corrected chi connectivity index (χ2v) is 14.9. The maximum Gasteiger partial charge on any atom is 3.00 e. The SMILES string of the molecule is CC(c1[c-]c(-c2cc(-c3ccccc3)cc(C(C)(c3[c-]cccc3)c3ccccn3)n2)ccc1)(c1[c-]ccc(-c2ccc(-c3ccccc3)cc2)c1)c1ccccn1.[Ir+3]. The Morgan fingerprint density at radius 1 is 0.390 bits per heavy atom. The van der Waals surface area contributed by atoms with Gasteiger partial charge in [-0.3, -0.25) is 15.0 Å². The molecule has 0 saturated carbocycles. The number of aromatic nitrogens is 3. The van der Waals surface area contributed by atoms with Crippen molar-refractivity contribution in [3.8, 4) is 44.6 Å². The van der Waals surface area contributed by atoms with Crippen LogP contribution in [0.2, 0.25) is 0 Å².